The summed E-state index contributed by atoms with van der Waals surface area (Å²) >= 11 is 0. The van der Waals surface area contributed by atoms with Gasteiger partial charge >= 0.3 is 5.97 Å². The van der Waals surface area contributed by atoms with Gasteiger partial charge in [-0.2, -0.15) is 0 Å². The maximum atomic E-state index is 11.5. The fraction of sp³-hybridized carbons (Fsp3) is 0.333. The molecule has 5 heteroatoms. The van der Waals surface area contributed by atoms with E-state index >= 15 is 0 Å². The number of amides is 1. The van der Waals surface area contributed by atoms with Crippen molar-refractivity contribution in [1.82, 2.24) is 5.32 Å². The minimum atomic E-state index is -0.363. The molecule has 5 nitrogen and oxygen atoms in total. The first-order chi connectivity index (χ1) is 9.63. The van der Waals surface area contributed by atoms with Gasteiger partial charge in [0.15, 0.2) is 0 Å². The number of hydrogen-bond acceptors (Lipinski definition) is 4. The van der Waals surface area contributed by atoms with E-state index in [4.69, 9.17) is 4.74 Å². The Hall–Kier alpha value is -2.30. The Balaban J connectivity index is 1.97. The summed E-state index contributed by atoms with van der Waals surface area (Å²) in [6.07, 6.45) is 3.71. The summed E-state index contributed by atoms with van der Waals surface area (Å²) in [5, 5.41) is 2.77. The van der Waals surface area contributed by atoms with Crippen molar-refractivity contribution in [2.75, 3.05) is 13.7 Å². The number of methoxy groups -OCH3 is 1. The van der Waals surface area contributed by atoms with E-state index in [1.807, 2.05) is 0 Å². The number of ether oxygens (including phenoxy) is 2. The molecule has 0 aliphatic carbocycles. The van der Waals surface area contributed by atoms with Crippen LogP contribution in [0.5, 0.6) is 5.75 Å². The number of allylic oxidation sites excluding steroid dienone is 1. The molecule has 106 valence electrons. The Morgan fingerprint density at radius 2 is 2.30 bits per heavy atom. The Morgan fingerprint density at radius 3 is 3.00 bits per heavy atom. The van der Waals surface area contributed by atoms with Crippen molar-refractivity contribution >= 4 is 11.9 Å². The van der Waals surface area contributed by atoms with Gasteiger partial charge in [0, 0.05) is 6.42 Å². The van der Waals surface area contributed by atoms with Gasteiger partial charge in [-0.3, -0.25) is 4.79 Å². The fourth-order valence-corrected chi connectivity index (χ4v) is 2.10. The minimum Gasteiger partial charge on any atom is -0.488 e. The Kier molecular flexibility index (Phi) is 4.40. The summed E-state index contributed by atoms with van der Waals surface area (Å²) in [5.74, 6) is 0.253. The van der Waals surface area contributed by atoms with Gasteiger partial charge in [-0.05, 0) is 36.8 Å². The molecule has 1 amide bonds. The Bertz CT molecular complexity index is 551. The van der Waals surface area contributed by atoms with Crippen molar-refractivity contribution in [3.05, 3.63) is 41.5 Å². The highest BCUT2D eigenvalue weighted by Gasteiger charge is 2.24. The quantitative estimate of drug-likeness (QED) is 0.667. The first-order valence-electron chi connectivity index (χ1n) is 6.42. The van der Waals surface area contributed by atoms with Crippen LogP contribution in [0.15, 0.2) is 30.4 Å². The van der Waals surface area contributed by atoms with Gasteiger partial charge in [-0.1, -0.05) is 6.08 Å². The third kappa shape index (κ3) is 3.17. The van der Waals surface area contributed by atoms with Gasteiger partial charge in [0.25, 0.3) is 0 Å². The topological polar surface area (TPSA) is 64.6 Å². The molecule has 0 unspecified atom stereocenters. The summed E-state index contributed by atoms with van der Waals surface area (Å²) < 4.78 is 10.4. The predicted molar refractivity (Wildman–Crippen MR) is 73.7 cm³/mol. The minimum absolute atomic E-state index is 0.105. The first kappa shape index (κ1) is 14.1. The second-order valence-electron chi connectivity index (χ2n) is 4.50. The highest BCUT2D eigenvalue weighted by atomic mass is 16.5. The van der Waals surface area contributed by atoms with E-state index in [1.54, 1.807) is 31.2 Å². The summed E-state index contributed by atoms with van der Waals surface area (Å²) in [4.78, 5) is 22.8. The van der Waals surface area contributed by atoms with E-state index < -0.39 is 0 Å². The number of esters is 1. The standard InChI is InChI=1S/C15H17NO4/c1-3-4-14(17)16-9-12-8-11-7-10(15(18)19-2)5-6-13(11)20-12/h3-7,12H,8-9H2,1-2H3,(H,16,17)/b4-3+/t12-/m1/s1. The van der Waals surface area contributed by atoms with Crippen molar-refractivity contribution < 1.29 is 19.1 Å². The summed E-state index contributed by atoms with van der Waals surface area (Å²) in [5.41, 5.74) is 1.46. The summed E-state index contributed by atoms with van der Waals surface area (Å²) in [6, 6.07) is 5.20. The average Bonchev–Trinajstić information content (AvgIpc) is 2.86. The molecule has 2 rings (SSSR count). The van der Waals surface area contributed by atoms with Crippen LogP contribution in [0, 0.1) is 0 Å². The fourth-order valence-electron chi connectivity index (χ4n) is 2.10. The molecule has 1 aliphatic heterocycles. The number of carbonyl (C=O) groups excluding carboxylic acids is 2. The molecule has 1 aromatic carbocycles. The van der Waals surface area contributed by atoms with Crippen LogP contribution < -0.4 is 10.1 Å². The number of nitrogens with one attached hydrogen (secondary N) is 1. The molecule has 20 heavy (non-hydrogen) atoms. The lowest BCUT2D eigenvalue weighted by molar-refractivity contribution is -0.116. The van der Waals surface area contributed by atoms with Crippen LogP contribution in [-0.2, 0) is 16.0 Å². The molecule has 1 N–H and O–H groups in total. The van der Waals surface area contributed by atoms with Gasteiger partial charge in [-0.25, -0.2) is 4.79 Å². The second kappa shape index (κ2) is 6.23. The van der Waals surface area contributed by atoms with Crippen LogP contribution in [0.3, 0.4) is 0 Å². The van der Waals surface area contributed by atoms with Crippen molar-refractivity contribution in [2.24, 2.45) is 0 Å². The van der Waals surface area contributed by atoms with E-state index in [1.165, 1.54) is 13.2 Å². The molecule has 0 spiro atoms. The van der Waals surface area contributed by atoms with E-state index in [9.17, 15) is 9.59 Å². The molecule has 1 atom stereocenters. The van der Waals surface area contributed by atoms with Gasteiger partial charge in [0.2, 0.25) is 5.91 Å². The first-order valence-corrected chi connectivity index (χ1v) is 6.42. The normalized spacial score (nSPS) is 16.6. The molecule has 0 saturated carbocycles. The highest BCUT2D eigenvalue weighted by molar-refractivity contribution is 5.90. The van der Waals surface area contributed by atoms with Crippen LogP contribution in [0.25, 0.3) is 0 Å². The third-order valence-electron chi connectivity index (χ3n) is 3.04. The maximum absolute atomic E-state index is 11.5. The van der Waals surface area contributed by atoms with E-state index in [0.717, 1.165) is 11.3 Å². The van der Waals surface area contributed by atoms with Crippen LogP contribution in [0.1, 0.15) is 22.8 Å². The molecular formula is C15H17NO4. The van der Waals surface area contributed by atoms with E-state index in [0.29, 0.717) is 18.5 Å². The molecule has 0 radical (unpaired) electrons. The second-order valence-corrected chi connectivity index (χ2v) is 4.50. The molecule has 1 heterocycles. The van der Waals surface area contributed by atoms with Gasteiger partial charge in [0.05, 0.1) is 19.2 Å². The zero-order chi connectivity index (χ0) is 14.5. The van der Waals surface area contributed by atoms with Crippen molar-refractivity contribution in [3.63, 3.8) is 0 Å². The molecule has 1 aliphatic rings. The predicted octanol–water partition coefficient (Wildman–Crippen LogP) is 1.47. The van der Waals surface area contributed by atoms with Crippen molar-refractivity contribution in [2.45, 2.75) is 19.4 Å². The number of fused-ring (bicyclic) bond motifs is 1. The SMILES string of the molecule is C/C=C/C(=O)NC[C@H]1Cc2cc(C(=O)OC)ccc2O1. The van der Waals surface area contributed by atoms with E-state index in [-0.39, 0.29) is 18.0 Å². The Morgan fingerprint density at radius 1 is 1.50 bits per heavy atom. The highest BCUT2D eigenvalue weighted by Crippen LogP contribution is 2.29. The smallest absolute Gasteiger partial charge is 0.337 e. The number of rotatable bonds is 4. The van der Waals surface area contributed by atoms with Crippen molar-refractivity contribution in [1.29, 1.82) is 0 Å². The van der Waals surface area contributed by atoms with Crippen LogP contribution in [0.4, 0.5) is 0 Å². The van der Waals surface area contributed by atoms with Crippen LogP contribution >= 0.6 is 0 Å². The molecule has 0 bridgehead atoms. The number of carbonyl (C=O) groups is 2. The van der Waals surface area contributed by atoms with Crippen LogP contribution in [0.2, 0.25) is 0 Å². The Labute approximate surface area is 117 Å². The largest absolute Gasteiger partial charge is 0.488 e. The number of hydrogen-bond donors (Lipinski definition) is 1. The van der Waals surface area contributed by atoms with Gasteiger partial charge < -0.3 is 14.8 Å². The van der Waals surface area contributed by atoms with Crippen molar-refractivity contribution in [3.8, 4) is 5.75 Å². The monoisotopic (exact) mass is 275 g/mol. The zero-order valence-electron chi connectivity index (χ0n) is 11.5. The molecular weight excluding hydrogens is 258 g/mol. The summed E-state index contributed by atoms with van der Waals surface area (Å²) in [6.45, 7) is 2.22. The number of benzene rings is 1. The lowest BCUT2D eigenvalue weighted by atomic mass is 10.1. The molecule has 0 saturated heterocycles. The maximum Gasteiger partial charge on any atom is 0.337 e. The van der Waals surface area contributed by atoms with Gasteiger partial charge in [-0.15, -0.1) is 0 Å². The molecule has 0 fully saturated rings. The lowest BCUT2D eigenvalue weighted by Crippen LogP contribution is -2.33. The van der Waals surface area contributed by atoms with E-state index in [2.05, 4.69) is 10.1 Å². The average molecular weight is 275 g/mol. The third-order valence-corrected chi connectivity index (χ3v) is 3.04. The zero-order valence-corrected chi connectivity index (χ0v) is 11.5. The van der Waals surface area contributed by atoms with Gasteiger partial charge in [0.1, 0.15) is 11.9 Å². The molecule has 1 aromatic rings. The van der Waals surface area contributed by atoms with Crippen LogP contribution in [-0.4, -0.2) is 31.6 Å². The lowest BCUT2D eigenvalue weighted by Gasteiger charge is -2.10. The molecule has 0 aromatic heterocycles. The summed E-state index contributed by atoms with van der Waals surface area (Å²) in [7, 11) is 1.35.